The molecule has 1 aromatic carbocycles. The maximum atomic E-state index is 12.7. The van der Waals surface area contributed by atoms with E-state index in [1.165, 1.54) is 5.56 Å². The Kier molecular flexibility index (Phi) is 5.93. The van der Waals surface area contributed by atoms with Crippen LogP contribution in [0.2, 0.25) is 0 Å². The molecule has 3 rings (SSSR count). The number of carbonyl (C=O) groups is 1. The number of amides is 1. The van der Waals surface area contributed by atoms with Crippen LogP contribution in [-0.4, -0.2) is 15.9 Å². The maximum Gasteiger partial charge on any atom is 0.259 e. The van der Waals surface area contributed by atoms with Crippen LogP contribution in [0.1, 0.15) is 34.8 Å². The van der Waals surface area contributed by atoms with Gasteiger partial charge in [-0.3, -0.25) is 9.78 Å². The van der Waals surface area contributed by atoms with Gasteiger partial charge in [0.25, 0.3) is 5.91 Å². The number of carbonyl (C=O) groups excluding carboxylic acids is 1. The van der Waals surface area contributed by atoms with Crippen molar-refractivity contribution in [1.29, 1.82) is 0 Å². The molecule has 0 saturated carbocycles. The van der Waals surface area contributed by atoms with Gasteiger partial charge in [0.15, 0.2) is 0 Å². The molecule has 0 aliphatic rings. The van der Waals surface area contributed by atoms with Gasteiger partial charge in [-0.2, -0.15) is 0 Å². The van der Waals surface area contributed by atoms with Crippen LogP contribution in [0, 0.1) is 0 Å². The van der Waals surface area contributed by atoms with Crippen molar-refractivity contribution in [3.8, 4) is 0 Å². The molecule has 0 bridgehead atoms. The van der Waals surface area contributed by atoms with Gasteiger partial charge in [-0.15, -0.1) is 0 Å². The van der Waals surface area contributed by atoms with Gasteiger partial charge in [-0.1, -0.05) is 25.5 Å². The Hall–Kier alpha value is -3.21. The van der Waals surface area contributed by atoms with E-state index in [1.807, 2.05) is 36.4 Å². The molecule has 2 N–H and O–H groups in total. The van der Waals surface area contributed by atoms with E-state index in [0.717, 1.165) is 24.1 Å². The number of benzene rings is 1. The monoisotopic (exact) mass is 346 g/mol. The summed E-state index contributed by atoms with van der Waals surface area (Å²) in [6, 6.07) is 15.3. The third-order valence-corrected chi connectivity index (χ3v) is 4.01. The second-order valence-electron chi connectivity index (χ2n) is 6.01. The van der Waals surface area contributed by atoms with Crippen molar-refractivity contribution in [1.82, 2.24) is 9.97 Å². The molecule has 0 aliphatic heterocycles. The third kappa shape index (κ3) is 4.66. The van der Waals surface area contributed by atoms with E-state index in [-0.39, 0.29) is 5.91 Å². The lowest BCUT2D eigenvalue weighted by atomic mass is 10.1. The highest BCUT2D eigenvalue weighted by Gasteiger charge is 2.12. The molecule has 2 aromatic heterocycles. The number of anilines is 2. The predicted octanol–water partition coefficient (Wildman–Crippen LogP) is 4.29. The van der Waals surface area contributed by atoms with Gasteiger partial charge in [0.1, 0.15) is 5.82 Å². The fourth-order valence-corrected chi connectivity index (χ4v) is 2.66. The number of nitrogens with one attached hydrogen (secondary N) is 2. The Bertz CT molecular complexity index is 847. The van der Waals surface area contributed by atoms with Crippen LogP contribution in [-0.2, 0) is 13.0 Å². The summed E-state index contributed by atoms with van der Waals surface area (Å²) in [6.07, 6.45) is 7.30. The van der Waals surface area contributed by atoms with Crippen LogP contribution < -0.4 is 10.6 Å². The molecular formula is C21H22N4O. The number of nitrogens with zero attached hydrogens (tertiary/aromatic N) is 2. The van der Waals surface area contributed by atoms with Gasteiger partial charge < -0.3 is 10.6 Å². The van der Waals surface area contributed by atoms with Crippen LogP contribution in [0.3, 0.4) is 0 Å². The average Bonchev–Trinajstić information content (AvgIpc) is 2.69. The summed E-state index contributed by atoms with van der Waals surface area (Å²) in [6.45, 7) is 2.73. The van der Waals surface area contributed by atoms with E-state index in [1.54, 1.807) is 30.7 Å². The van der Waals surface area contributed by atoms with Crippen LogP contribution in [0.25, 0.3) is 0 Å². The lowest BCUT2D eigenvalue weighted by Gasteiger charge is -2.11. The Morgan fingerprint density at radius 2 is 1.73 bits per heavy atom. The van der Waals surface area contributed by atoms with Crippen LogP contribution in [0.4, 0.5) is 11.5 Å². The molecule has 3 aromatic rings. The number of hydrogen-bond acceptors (Lipinski definition) is 4. The highest BCUT2D eigenvalue weighted by Crippen LogP contribution is 2.17. The molecule has 5 nitrogen and oxygen atoms in total. The smallest absolute Gasteiger partial charge is 0.259 e. The number of hydrogen-bond donors (Lipinski definition) is 2. The first kappa shape index (κ1) is 17.6. The minimum absolute atomic E-state index is 0.182. The Morgan fingerprint density at radius 3 is 2.46 bits per heavy atom. The largest absolute Gasteiger partial charge is 0.365 e. The number of aryl methyl sites for hydroxylation is 1. The second-order valence-corrected chi connectivity index (χ2v) is 6.01. The fraction of sp³-hybridized carbons (Fsp3) is 0.190. The number of aromatic nitrogens is 2. The average molecular weight is 346 g/mol. The molecule has 0 unspecified atom stereocenters. The van der Waals surface area contributed by atoms with Gasteiger partial charge in [0.2, 0.25) is 0 Å². The first-order valence-corrected chi connectivity index (χ1v) is 8.74. The molecule has 2 heterocycles. The van der Waals surface area contributed by atoms with E-state index in [0.29, 0.717) is 17.9 Å². The van der Waals surface area contributed by atoms with Gasteiger partial charge in [-0.25, -0.2) is 4.98 Å². The SMILES string of the molecule is CCCc1ccc(NC(=O)c2cccnc2NCc2ccncc2)cc1. The van der Waals surface area contributed by atoms with E-state index >= 15 is 0 Å². The van der Waals surface area contributed by atoms with E-state index in [2.05, 4.69) is 27.5 Å². The zero-order chi connectivity index (χ0) is 18.2. The highest BCUT2D eigenvalue weighted by molar-refractivity contribution is 6.07. The molecule has 1 amide bonds. The quantitative estimate of drug-likeness (QED) is 0.669. The third-order valence-electron chi connectivity index (χ3n) is 4.01. The normalized spacial score (nSPS) is 10.3. The Balaban J connectivity index is 1.69. The fourth-order valence-electron chi connectivity index (χ4n) is 2.66. The van der Waals surface area contributed by atoms with Crippen molar-refractivity contribution in [3.05, 3.63) is 83.8 Å². The molecule has 0 atom stereocenters. The van der Waals surface area contributed by atoms with Gasteiger partial charge >= 0.3 is 0 Å². The Labute approximate surface area is 153 Å². The summed E-state index contributed by atoms with van der Waals surface area (Å²) in [7, 11) is 0. The first-order chi connectivity index (χ1) is 12.8. The van der Waals surface area contributed by atoms with E-state index in [9.17, 15) is 4.79 Å². The number of rotatable bonds is 7. The minimum atomic E-state index is -0.182. The molecule has 5 heteroatoms. The van der Waals surface area contributed by atoms with Crippen molar-refractivity contribution in [3.63, 3.8) is 0 Å². The second kappa shape index (κ2) is 8.76. The predicted molar refractivity (Wildman–Crippen MR) is 104 cm³/mol. The zero-order valence-corrected chi connectivity index (χ0v) is 14.8. The van der Waals surface area contributed by atoms with Crippen molar-refractivity contribution in [2.24, 2.45) is 0 Å². The molecular weight excluding hydrogens is 324 g/mol. The summed E-state index contributed by atoms with van der Waals surface area (Å²) < 4.78 is 0. The first-order valence-electron chi connectivity index (χ1n) is 8.74. The van der Waals surface area contributed by atoms with Crippen molar-refractivity contribution in [2.75, 3.05) is 10.6 Å². The minimum Gasteiger partial charge on any atom is -0.365 e. The summed E-state index contributed by atoms with van der Waals surface area (Å²) in [5.41, 5.74) is 3.63. The molecule has 0 spiro atoms. The lowest BCUT2D eigenvalue weighted by Crippen LogP contribution is -2.15. The summed E-state index contributed by atoms with van der Waals surface area (Å²) in [5, 5.41) is 6.16. The van der Waals surface area contributed by atoms with E-state index in [4.69, 9.17) is 0 Å². The van der Waals surface area contributed by atoms with Crippen LogP contribution in [0.5, 0.6) is 0 Å². The summed E-state index contributed by atoms with van der Waals surface area (Å²) in [5.74, 6) is 0.378. The van der Waals surface area contributed by atoms with Crippen molar-refractivity contribution < 1.29 is 4.79 Å². The van der Waals surface area contributed by atoms with Gasteiger partial charge in [0.05, 0.1) is 5.56 Å². The lowest BCUT2D eigenvalue weighted by molar-refractivity contribution is 0.102. The zero-order valence-electron chi connectivity index (χ0n) is 14.8. The van der Waals surface area contributed by atoms with Crippen LogP contribution >= 0.6 is 0 Å². The van der Waals surface area contributed by atoms with E-state index < -0.39 is 0 Å². The highest BCUT2D eigenvalue weighted by atomic mass is 16.1. The molecule has 0 fully saturated rings. The van der Waals surface area contributed by atoms with Crippen LogP contribution in [0.15, 0.2) is 67.1 Å². The molecule has 0 aliphatic carbocycles. The van der Waals surface area contributed by atoms with Crippen molar-refractivity contribution >= 4 is 17.4 Å². The molecule has 26 heavy (non-hydrogen) atoms. The number of pyridine rings is 2. The van der Waals surface area contributed by atoms with Crippen molar-refractivity contribution in [2.45, 2.75) is 26.3 Å². The van der Waals surface area contributed by atoms with Gasteiger partial charge in [-0.05, 0) is 53.9 Å². The Morgan fingerprint density at radius 1 is 0.962 bits per heavy atom. The summed E-state index contributed by atoms with van der Waals surface area (Å²) in [4.78, 5) is 21.0. The standard InChI is InChI=1S/C21H22N4O/c1-2-4-16-6-8-18(9-7-16)25-21(26)19-5-3-12-23-20(19)24-15-17-10-13-22-14-11-17/h3,5-14H,2,4,15H2,1H3,(H,23,24)(H,25,26). The molecule has 0 radical (unpaired) electrons. The molecule has 0 saturated heterocycles. The topological polar surface area (TPSA) is 66.9 Å². The maximum absolute atomic E-state index is 12.7. The van der Waals surface area contributed by atoms with Gasteiger partial charge in [0, 0.05) is 30.8 Å². The summed E-state index contributed by atoms with van der Waals surface area (Å²) >= 11 is 0. The molecule has 132 valence electrons.